The molecule has 2 heterocycles. The number of aromatic nitrogens is 2. The number of carbonyl (C=O) groups is 1. The van der Waals surface area contributed by atoms with Crippen molar-refractivity contribution in [2.24, 2.45) is 4.99 Å². The Hall–Kier alpha value is -2.61. The van der Waals surface area contributed by atoms with E-state index in [0.29, 0.717) is 42.7 Å². The maximum Gasteiger partial charge on any atom is 0.228 e. The third kappa shape index (κ3) is 7.54. The second-order valence-corrected chi connectivity index (χ2v) is 7.94. The summed E-state index contributed by atoms with van der Waals surface area (Å²) in [5.41, 5.74) is 0.827. The number of nitrogens with zero attached hydrogens (tertiary/aromatic N) is 4. The first kappa shape index (κ1) is 23.1. The number of guanidine groups is 1. The summed E-state index contributed by atoms with van der Waals surface area (Å²) in [7, 11) is 0. The average molecular weight is 447 g/mol. The van der Waals surface area contributed by atoms with Gasteiger partial charge in [-0.3, -0.25) is 9.79 Å². The number of nitrogens with one attached hydrogen (secondary N) is 2. The number of carbonyl (C=O) groups excluding carboxylic acids is 1. The van der Waals surface area contributed by atoms with Crippen molar-refractivity contribution in [3.8, 4) is 11.4 Å². The van der Waals surface area contributed by atoms with Crippen molar-refractivity contribution in [2.45, 2.75) is 45.4 Å². The van der Waals surface area contributed by atoms with E-state index >= 15 is 0 Å². The van der Waals surface area contributed by atoms with E-state index in [9.17, 15) is 4.79 Å². The molecule has 1 saturated heterocycles. The van der Waals surface area contributed by atoms with E-state index in [-0.39, 0.29) is 5.91 Å². The van der Waals surface area contributed by atoms with Crippen LogP contribution < -0.4 is 10.6 Å². The van der Waals surface area contributed by atoms with Gasteiger partial charge in [-0.15, -0.1) is 0 Å². The Balaban J connectivity index is 1.43. The molecule has 31 heavy (non-hydrogen) atoms. The van der Waals surface area contributed by atoms with E-state index in [1.54, 1.807) is 0 Å². The van der Waals surface area contributed by atoms with Crippen molar-refractivity contribution >= 4 is 23.5 Å². The Morgan fingerprint density at radius 2 is 2.19 bits per heavy atom. The first-order chi connectivity index (χ1) is 15.2. The number of benzene rings is 1. The van der Waals surface area contributed by atoms with Crippen molar-refractivity contribution in [3.05, 3.63) is 35.2 Å². The van der Waals surface area contributed by atoms with Gasteiger partial charge in [0.15, 0.2) is 5.96 Å². The van der Waals surface area contributed by atoms with Gasteiger partial charge in [-0.05, 0) is 38.3 Å². The fourth-order valence-corrected chi connectivity index (χ4v) is 3.65. The van der Waals surface area contributed by atoms with Gasteiger partial charge in [0.2, 0.25) is 17.6 Å². The van der Waals surface area contributed by atoms with E-state index in [1.807, 2.05) is 36.1 Å². The summed E-state index contributed by atoms with van der Waals surface area (Å²) in [5, 5.41) is 11.2. The smallest absolute Gasteiger partial charge is 0.228 e. The predicted molar refractivity (Wildman–Crippen MR) is 122 cm³/mol. The minimum atomic E-state index is 0.281. The van der Waals surface area contributed by atoms with Gasteiger partial charge in [0.1, 0.15) is 0 Å². The number of rotatable bonds is 9. The zero-order valence-corrected chi connectivity index (χ0v) is 18.8. The standard InChI is InChI=1S/C22H31ClN6O2/c1-2-24-22(25-12-7-15-29-14-5-3-4-10-20(29)30)26-13-11-19-27-21(28-31-19)17-8-6-9-18(23)16-17/h6,8-9,16H,2-5,7,10-15H2,1H3,(H2,24,25,26). The minimum absolute atomic E-state index is 0.281. The van der Waals surface area contributed by atoms with Gasteiger partial charge >= 0.3 is 0 Å². The van der Waals surface area contributed by atoms with Gasteiger partial charge in [0.25, 0.3) is 0 Å². The second-order valence-electron chi connectivity index (χ2n) is 7.50. The van der Waals surface area contributed by atoms with Crippen molar-refractivity contribution in [1.82, 2.24) is 25.7 Å². The van der Waals surface area contributed by atoms with Gasteiger partial charge in [0.05, 0.1) is 0 Å². The molecule has 1 aromatic heterocycles. The summed E-state index contributed by atoms with van der Waals surface area (Å²) in [5.74, 6) is 2.11. The fraction of sp³-hybridized carbons (Fsp3) is 0.545. The first-order valence-corrected chi connectivity index (χ1v) is 11.4. The van der Waals surface area contributed by atoms with E-state index in [0.717, 1.165) is 56.8 Å². The van der Waals surface area contributed by atoms with E-state index < -0.39 is 0 Å². The van der Waals surface area contributed by atoms with Crippen LogP contribution in [-0.2, 0) is 11.2 Å². The molecule has 0 aliphatic carbocycles. The Labute approximate surface area is 188 Å². The second kappa shape index (κ2) is 12.3. The number of aliphatic imine (C=N–C) groups is 1. The highest BCUT2D eigenvalue weighted by Crippen LogP contribution is 2.19. The summed E-state index contributed by atoms with van der Waals surface area (Å²) < 4.78 is 5.34. The number of amides is 1. The monoisotopic (exact) mass is 446 g/mol. The summed E-state index contributed by atoms with van der Waals surface area (Å²) >= 11 is 6.02. The molecule has 1 aliphatic rings. The van der Waals surface area contributed by atoms with Crippen molar-refractivity contribution in [2.75, 3.05) is 32.7 Å². The highest BCUT2D eigenvalue weighted by molar-refractivity contribution is 6.30. The quantitative estimate of drug-likeness (QED) is 0.348. The summed E-state index contributed by atoms with van der Waals surface area (Å²) in [6, 6.07) is 7.37. The summed E-state index contributed by atoms with van der Waals surface area (Å²) in [4.78, 5) is 23.1. The number of hydrogen-bond acceptors (Lipinski definition) is 5. The summed E-state index contributed by atoms with van der Waals surface area (Å²) in [6.45, 7) is 5.74. The Bertz CT molecular complexity index is 869. The lowest BCUT2D eigenvalue weighted by Gasteiger charge is -2.20. The third-order valence-electron chi connectivity index (χ3n) is 5.05. The lowest BCUT2D eigenvalue weighted by atomic mass is 10.2. The maximum absolute atomic E-state index is 12.1. The van der Waals surface area contributed by atoms with Gasteiger partial charge < -0.3 is 20.1 Å². The normalized spacial score (nSPS) is 15.1. The van der Waals surface area contributed by atoms with Crippen LogP contribution in [-0.4, -0.2) is 59.6 Å². The van der Waals surface area contributed by atoms with Crippen molar-refractivity contribution < 1.29 is 9.32 Å². The van der Waals surface area contributed by atoms with Crippen LogP contribution >= 0.6 is 11.6 Å². The molecule has 8 nitrogen and oxygen atoms in total. The zero-order chi connectivity index (χ0) is 21.9. The molecular formula is C22H31ClN6O2. The number of likely N-dealkylation sites (tertiary alicyclic amines) is 1. The highest BCUT2D eigenvalue weighted by Gasteiger charge is 2.15. The van der Waals surface area contributed by atoms with Crippen LogP contribution in [0.4, 0.5) is 0 Å². The van der Waals surface area contributed by atoms with Crippen LogP contribution in [0, 0.1) is 0 Å². The van der Waals surface area contributed by atoms with Crippen molar-refractivity contribution in [3.63, 3.8) is 0 Å². The SMILES string of the molecule is CCNC(=NCCCN1CCCCCC1=O)NCCc1nc(-c2cccc(Cl)c2)no1. The summed E-state index contributed by atoms with van der Waals surface area (Å²) in [6.07, 6.45) is 5.39. The van der Waals surface area contributed by atoms with E-state index in [2.05, 4.69) is 25.8 Å². The molecule has 2 aromatic rings. The average Bonchev–Trinajstić information content (AvgIpc) is 3.14. The maximum atomic E-state index is 12.1. The lowest BCUT2D eigenvalue weighted by molar-refractivity contribution is -0.130. The molecule has 1 aromatic carbocycles. The van der Waals surface area contributed by atoms with Crippen LogP contribution in [0.3, 0.4) is 0 Å². The largest absolute Gasteiger partial charge is 0.357 e. The molecule has 0 radical (unpaired) electrons. The molecule has 168 valence electrons. The zero-order valence-electron chi connectivity index (χ0n) is 18.1. The lowest BCUT2D eigenvalue weighted by Crippen LogP contribution is -2.38. The molecule has 1 aliphatic heterocycles. The van der Waals surface area contributed by atoms with Crippen molar-refractivity contribution in [1.29, 1.82) is 0 Å². The molecule has 0 spiro atoms. The van der Waals surface area contributed by atoms with Gasteiger partial charge in [-0.1, -0.05) is 35.3 Å². The Kier molecular flexibility index (Phi) is 9.15. The molecule has 2 N–H and O–H groups in total. The molecular weight excluding hydrogens is 416 g/mol. The van der Waals surface area contributed by atoms with E-state index in [1.165, 1.54) is 0 Å². The highest BCUT2D eigenvalue weighted by atomic mass is 35.5. The molecule has 9 heteroatoms. The van der Waals surface area contributed by atoms with Gasteiger partial charge in [0, 0.05) is 56.2 Å². The molecule has 3 rings (SSSR count). The Morgan fingerprint density at radius 3 is 3.03 bits per heavy atom. The molecule has 0 saturated carbocycles. The van der Waals surface area contributed by atoms with Crippen LogP contribution in [0.15, 0.2) is 33.8 Å². The third-order valence-corrected chi connectivity index (χ3v) is 5.29. The predicted octanol–water partition coefficient (Wildman–Crippen LogP) is 3.28. The molecule has 1 fully saturated rings. The van der Waals surface area contributed by atoms with Crippen LogP contribution in [0.25, 0.3) is 11.4 Å². The van der Waals surface area contributed by atoms with E-state index in [4.69, 9.17) is 16.1 Å². The minimum Gasteiger partial charge on any atom is -0.357 e. The Morgan fingerprint density at radius 1 is 1.29 bits per heavy atom. The molecule has 0 atom stereocenters. The number of halogens is 1. The van der Waals surface area contributed by atoms with Gasteiger partial charge in [-0.2, -0.15) is 4.98 Å². The number of hydrogen-bond donors (Lipinski definition) is 2. The topological polar surface area (TPSA) is 95.7 Å². The van der Waals surface area contributed by atoms with Crippen LogP contribution in [0.5, 0.6) is 0 Å². The molecule has 1 amide bonds. The molecule has 0 unspecified atom stereocenters. The molecule has 0 bridgehead atoms. The first-order valence-electron chi connectivity index (χ1n) is 11.0. The fourth-order valence-electron chi connectivity index (χ4n) is 3.46. The van der Waals surface area contributed by atoms with Crippen LogP contribution in [0.1, 0.15) is 44.9 Å². The van der Waals surface area contributed by atoms with Gasteiger partial charge in [-0.25, -0.2) is 0 Å². The van der Waals surface area contributed by atoms with Crippen LogP contribution in [0.2, 0.25) is 5.02 Å².